The van der Waals surface area contributed by atoms with Crippen molar-refractivity contribution in [2.75, 3.05) is 5.32 Å². The lowest BCUT2D eigenvalue weighted by Crippen LogP contribution is -2.15. The lowest BCUT2D eigenvalue weighted by atomic mass is 9.91. The number of amides is 1. The summed E-state index contributed by atoms with van der Waals surface area (Å²) in [7, 11) is 0. The van der Waals surface area contributed by atoms with Crippen molar-refractivity contribution in [2.45, 2.75) is 83.5 Å². The Bertz CT molecular complexity index is 1730. The van der Waals surface area contributed by atoms with E-state index in [1.165, 1.54) is 4.88 Å². The van der Waals surface area contributed by atoms with Gasteiger partial charge < -0.3 is 5.32 Å². The Hall–Kier alpha value is -4.25. The molecule has 0 aliphatic heterocycles. The van der Waals surface area contributed by atoms with Gasteiger partial charge >= 0.3 is 0 Å². The molecule has 0 bridgehead atoms. The number of nitriles is 2. The van der Waals surface area contributed by atoms with Gasteiger partial charge in [0.25, 0.3) is 0 Å². The van der Waals surface area contributed by atoms with E-state index in [0.29, 0.717) is 45.2 Å². The highest BCUT2D eigenvalue weighted by atomic mass is 32.1. The van der Waals surface area contributed by atoms with Gasteiger partial charge in [-0.15, -0.1) is 21.5 Å². The highest BCUT2D eigenvalue weighted by molar-refractivity contribution is 7.16. The van der Waals surface area contributed by atoms with Crippen LogP contribution in [-0.4, -0.2) is 26.8 Å². The van der Waals surface area contributed by atoms with E-state index in [2.05, 4.69) is 41.5 Å². The normalized spacial score (nSPS) is 17.0. The third kappa shape index (κ3) is 7.63. The van der Waals surface area contributed by atoms with Crippen molar-refractivity contribution in [1.82, 2.24) is 15.2 Å². The highest BCUT2D eigenvalue weighted by Gasteiger charge is 2.29. The number of benzene rings is 2. The zero-order chi connectivity index (χ0) is 30.9. The maximum Gasteiger partial charge on any atom is 0.231 e. The molecule has 0 radical (unpaired) electrons. The molecule has 224 valence electrons. The first-order valence-electron chi connectivity index (χ1n) is 15.2. The molecule has 2 aromatic carbocycles. The molecule has 2 heterocycles. The zero-order valence-electron chi connectivity index (χ0n) is 25.0. The number of nitrogens with zero attached hydrogens (tertiary/aromatic N) is 6. The first-order chi connectivity index (χ1) is 21.5. The van der Waals surface area contributed by atoms with Crippen molar-refractivity contribution in [3.8, 4) is 12.1 Å². The van der Waals surface area contributed by atoms with Gasteiger partial charge in [-0.3, -0.25) is 4.79 Å². The van der Waals surface area contributed by atoms with Crippen molar-refractivity contribution in [1.29, 1.82) is 10.5 Å². The SMILES string of the molecule is CCC(Cc1ccccc1C#N)=Nc1nnc(C2CCCCC(c3sc(NC(=O)Cc4ccccc4C#N)nc3CC)C2)s1. The minimum Gasteiger partial charge on any atom is -0.302 e. The molecule has 0 spiro atoms. The largest absolute Gasteiger partial charge is 0.302 e. The average Bonchev–Trinajstić information content (AvgIpc) is 3.60. The quantitative estimate of drug-likeness (QED) is 0.141. The van der Waals surface area contributed by atoms with Crippen molar-refractivity contribution >= 4 is 44.6 Å². The van der Waals surface area contributed by atoms with E-state index in [-0.39, 0.29) is 12.3 Å². The predicted molar refractivity (Wildman–Crippen MR) is 176 cm³/mol. The number of rotatable bonds is 10. The van der Waals surface area contributed by atoms with Gasteiger partial charge in [0.1, 0.15) is 5.01 Å². The maximum atomic E-state index is 12.9. The van der Waals surface area contributed by atoms with Crippen molar-refractivity contribution in [2.24, 2.45) is 4.99 Å². The van der Waals surface area contributed by atoms with Gasteiger partial charge in [0.2, 0.25) is 11.0 Å². The smallest absolute Gasteiger partial charge is 0.231 e. The predicted octanol–water partition coefficient (Wildman–Crippen LogP) is 8.04. The average molecular weight is 622 g/mol. The van der Waals surface area contributed by atoms with Crippen LogP contribution in [0.1, 0.15) is 102 Å². The van der Waals surface area contributed by atoms with Crippen molar-refractivity contribution in [3.05, 3.63) is 86.4 Å². The Balaban J connectivity index is 1.29. The summed E-state index contributed by atoms with van der Waals surface area (Å²) in [5.74, 6) is 0.462. The molecule has 1 aliphatic carbocycles. The highest BCUT2D eigenvalue weighted by Crippen LogP contribution is 2.44. The first kappa shape index (κ1) is 31.2. The number of thiazole rings is 1. The zero-order valence-corrected chi connectivity index (χ0v) is 26.7. The van der Waals surface area contributed by atoms with Crippen LogP contribution in [0.3, 0.4) is 0 Å². The van der Waals surface area contributed by atoms with Gasteiger partial charge in [0, 0.05) is 22.9 Å². The molecule has 2 aromatic heterocycles. The van der Waals surface area contributed by atoms with E-state index in [1.54, 1.807) is 34.8 Å². The number of carbonyl (C=O) groups excluding carboxylic acids is 1. The molecule has 1 aliphatic rings. The van der Waals surface area contributed by atoms with E-state index in [4.69, 9.17) is 9.98 Å². The van der Waals surface area contributed by atoms with Crippen molar-refractivity contribution in [3.63, 3.8) is 0 Å². The van der Waals surface area contributed by atoms with Crippen LogP contribution in [0.4, 0.5) is 10.3 Å². The minimum atomic E-state index is -0.168. The number of anilines is 1. The van der Waals surface area contributed by atoms with Crippen LogP contribution in [-0.2, 0) is 24.1 Å². The molecule has 2 unspecified atom stereocenters. The number of aryl methyl sites for hydroxylation is 1. The van der Waals surface area contributed by atoms with E-state index < -0.39 is 0 Å². The van der Waals surface area contributed by atoms with Crippen LogP contribution in [0.5, 0.6) is 0 Å². The Morgan fingerprint density at radius 3 is 2.25 bits per heavy atom. The molecule has 0 saturated heterocycles. The molecule has 4 aromatic rings. The first-order valence-corrected chi connectivity index (χ1v) is 16.8. The Labute approximate surface area is 266 Å². The molecule has 1 N–H and O–H groups in total. The number of hydrogen-bond acceptors (Lipinski definition) is 9. The molecule has 44 heavy (non-hydrogen) atoms. The maximum absolute atomic E-state index is 12.9. The molecule has 1 amide bonds. The minimum absolute atomic E-state index is 0.137. The molecule has 5 rings (SSSR count). The van der Waals surface area contributed by atoms with E-state index in [9.17, 15) is 15.3 Å². The standard InChI is InChI=1S/C34H35N7OS2/c1-3-28(18-22-11-5-9-15-26(22)20-35)37-34-41-40-32(44-34)25-14-8-7-13-24(17-25)31-29(4-2)38-33(43-31)39-30(42)19-23-12-6-10-16-27(23)21-36/h5-6,9-12,15-16,24-25H,3-4,7-8,13-14,17-19H2,1-2H3,(H,38,39,42). The number of aromatic nitrogens is 3. The number of nitrogens with one attached hydrogen (secondary N) is 1. The van der Waals surface area contributed by atoms with Crippen LogP contribution in [0.2, 0.25) is 0 Å². The fourth-order valence-corrected chi connectivity index (χ4v) is 7.87. The Morgan fingerprint density at radius 2 is 1.59 bits per heavy atom. The van der Waals surface area contributed by atoms with Crippen LogP contribution in [0.15, 0.2) is 53.5 Å². The summed E-state index contributed by atoms with van der Waals surface area (Å²) >= 11 is 3.15. The summed E-state index contributed by atoms with van der Waals surface area (Å²) in [6, 6.07) is 19.3. The van der Waals surface area contributed by atoms with Gasteiger partial charge in [-0.2, -0.15) is 10.5 Å². The van der Waals surface area contributed by atoms with Gasteiger partial charge in [0.15, 0.2) is 5.13 Å². The lowest BCUT2D eigenvalue weighted by molar-refractivity contribution is -0.115. The molecule has 2 atom stereocenters. The number of carbonyl (C=O) groups is 1. The molecular formula is C34H35N7OS2. The van der Waals surface area contributed by atoms with Crippen LogP contribution >= 0.6 is 22.7 Å². The lowest BCUT2D eigenvalue weighted by Gasteiger charge is -2.17. The molecule has 1 saturated carbocycles. The second-order valence-electron chi connectivity index (χ2n) is 11.0. The summed E-state index contributed by atoms with van der Waals surface area (Å²) in [5.41, 5.74) is 4.91. The summed E-state index contributed by atoms with van der Waals surface area (Å²) in [6.45, 7) is 4.19. The second kappa shape index (κ2) is 15.0. The molecule has 8 nitrogen and oxygen atoms in total. The van der Waals surface area contributed by atoms with Crippen LogP contribution < -0.4 is 5.32 Å². The molecule has 10 heteroatoms. The summed E-state index contributed by atoms with van der Waals surface area (Å²) < 4.78 is 0. The van der Waals surface area contributed by atoms with Gasteiger partial charge in [-0.05, 0) is 61.3 Å². The van der Waals surface area contributed by atoms with Gasteiger partial charge in [-0.1, -0.05) is 74.4 Å². The Morgan fingerprint density at radius 1 is 0.932 bits per heavy atom. The monoisotopic (exact) mass is 621 g/mol. The van der Waals surface area contributed by atoms with Gasteiger partial charge in [-0.25, -0.2) is 9.98 Å². The van der Waals surface area contributed by atoms with E-state index >= 15 is 0 Å². The summed E-state index contributed by atoms with van der Waals surface area (Å²) in [4.78, 5) is 23.8. The molecular weight excluding hydrogens is 587 g/mol. The fraction of sp³-hybridized carbons (Fsp3) is 0.382. The van der Waals surface area contributed by atoms with Gasteiger partial charge in [0.05, 0.1) is 35.4 Å². The van der Waals surface area contributed by atoms with Crippen LogP contribution in [0.25, 0.3) is 0 Å². The van der Waals surface area contributed by atoms with Crippen molar-refractivity contribution < 1.29 is 4.79 Å². The fourth-order valence-electron chi connectivity index (χ4n) is 5.75. The number of aliphatic imine (C=N–C) groups is 1. The molecule has 1 fully saturated rings. The Kier molecular flexibility index (Phi) is 10.6. The third-order valence-corrected chi connectivity index (χ3v) is 10.2. The second-order valence-corrected chi connectivity index (χ2v) is 13.0. The van der Waals surface area contributed by atoms with E-state index in [1.807, 2.05) is 36.4 Å². The number of hydrogen-bond donors (Lipinski definition) is 1. The summed E-state index contributed by atoms with van der Waals surface area (Å²) in [5, 5.41) is 33.2. The topological polar surface area (TPSA) is 128 Å². The van der Waals surface area contributed by atoms with Crippen LogP contribution in [0, 0.1) is 22.7 Å². The summed E-state index contributed by atoms with van der Waals surface area (Å²) in [6.07, 6.45) is 7.70. The third-order valence-electron chi connectivity index (χ3n) is 8.07. The van der Waals surface area contributed by atoms with E-state index in [0.717, 1.165) is 66.9 Å².